The maximum absolute atomic E-state index is 11.9. The van der Waals surface area contributed by atoms with Crippen LogP contribution in [0.1, 0.15) is 42.0 Å². The molecule has 2 rings (SSSR count). The van der Waals surface area contributed by atoms with Crippen molar-refractivity contribution in [2.45, 2.75) is 52.6 Å². The summed E-state index contributed by atoms with van der Waals surface area (Å²) in [6.07, 6.45) is 2.80. The molecule has 4 heteroatoms. The number of nitrogens with zero attached hydrogens (tertiary/aromatic N) is 2. The summed E-state index contributed by atoms with van der Waals surface area (Å²) in [6.45, 7) is 14.0. The van der Waals surface area contributed by atoms with Crippen molar-refractivity contribution < 1.29 is 6.22 Å². The maximum Gasteiger partial charge on any atom is 0.222 e. The highest BCUT2D eigenvalue weighted by Crippen LogP contribution is 2.27. The minimum Gasteiger partial charge on any atom is -0.352 e. The Kier molecular flexibility index (Phi) is 5.44. The van der Waals surface area contributed by atoms with Crippen LogP contribution in [0.5, 0.6) is 0 Å². The number of carbonyl (C=O) groups is 1. The molecule has 118 valence electrons. The number of hydrogen-bond acceptors (Lipinski definition) is 3. The van der Waals surface area contributed by atoms with Crippen molar-refractivity contribution in [3.8, 4) is 0 Å². The zero-order valence-corrected chi connectivity index (χ0v) is 13.6. The molecule has 0 bridgehead atoms. The predicted octanol–water partition coefficient (Wildman–Crippen LogP) is 1.81. The lowest BCUT2D eigenvalue weighted by molar-refractivity contribution is -0.125. The number of nitrogens with one attached hydrogen (secondary N) is 1. The van der Waals surface area contributed by atoms with E-state index < -0.39 is 0 Å². The highest BCUT2D eigenvalue weighted by molar-refractivity contribution is 5.78. The fourth-order valence-corrected chi connectivity index (χ4v) is 2.80. The molecule has 2 fully saturated rings. The molecule has 20 heavy (non-hydrogen) atoms. The van der Waals surface area contributed by atoms with Crippen LogP contribution in [0.2, 0.25) is 0 Å². The molecular formula is C16H33N3O. The van der Waals surface area contributed by atoms with E-state index in [1.54, 1.807) is 0 Å². The van der Waals surface area contributed by atoms with E-state index in [0.717, 1.165) is 25.7 Å². The van der Waals surface area contributed by atoms with Gasteiger partial charge in [0.25, 0.3) is 0 Å². The van der Waals surface area contributed by atoms with Gasteiger partial charge >= 0.3 is 0 Å². The normalized spacial score (nSPS) is 23.3. The summed E-state index contributed by atoms with van der Waals surface area (Å²) in [4.78, 5) is 17.1. The number of piperazine rings is 1. The van der Waals surface area contributed by atoms with Crippen LogP contribution < -0.4 is 5.32 Å². The van der Waals surface area contributed by atoms with E-state index in [2.05, 4.69) is 29.0 Å². The smallest absolute Gasteiger partial charge is 0.222 e. The van der Waals surface area contributed by atoms with Crippen LogP contribution >= 0.6 is 0 Å². The van der Waals surface area contributed by atoms with Crippen LogP contribution in [0.3, 0.4) is 0 Å². The molecule has 1 atom stereocenters. The third-order valence-electron chi connectivity index (χ3n) is 4.58. The minimum atomic E-state index is 0. The third-order valence-corrected chi connectivity index (χ3v) is 4.58. The average Bonchev–Trinajstić information content (AvgIpc) is 3.22. The van der Waals surface area contributed by atoms with Crippen LogP contribution in [0, 0.1) is 11.8 Å². The van der Waals surface area contributed by atoms with E-state index in [1.165, 1.54) is 25.9 Å². The first-order valence-corrected chi connectivity index (χ1v) is 8.24. The summed E-state index contributed by atoms with van der Waals surface area (Å²) in [5, 5.41) is 3.22. The topological polar surface area (TPSA) is 35.6 Å². The summed E-state index contributed by atoms with van der Waals surface area (Å²) < 4.78 is 0. The second-order valence-corrected chi connectivity index (χ2v) is 7.08. The van der Waals surface area contributed by atoms with Gasteiger partial charge in [0.1, 0.15) is 0 Å². The lowest BCUT2D eigenvalue weighted by Gasteiger charge is -2.37. The molecule has 2 aliphatic rings. The van der Waals surface area contributed by atoms with Crippen LogP contribution in [0.4, 0.5) is 0 Å². The zero-order chi connectivity index (χ0) is 14.7. The Labute approximate surface area is 125 Å². The number of carbonyl (C=O) groups excluding carboxylic acids is 1. The van der Waals surface area contributed by atoms with E-state index in [-0.39, 0.29) is 19.3 Å². The summed E-state index contributed by atoms with van der Waals surface area (Å²) in [5.41, 5.74) is 0. The fraction of sp³-hybridized carbons (Fsp3) is 0.938. The largest absolute Gasteiger partial charge is 0.352 e. The van der Waals surface area contributed by atoms with Crippen LogP contribution in [-0.4, -0.2) is 60.5 Å². The molecule has 1 aliphatic carbocycles. The molecule has 0 aromatic carbocycles. The van der Waals surface area contributed by atoms with Crippen molar-refractivity contribution in [1.29, 1.82) is 0 Å². The number of rotatable bonds is 6. The second kappa shape index (κ2) is 6.90. The highest BCUT2D eigenvalue weighted by atomic mass is 16.1. The van der Waals surface area contributed by atoms with Crippen LogP contribution in [0.25, 0.3) is 0 Å². The van der Waals surface area contributed by atoms with Crippen molar-refractivity contribution in [2.75, 3.05) is 32.7 Å². The Morgan fingerprint density at radius 3 is 2.20 bits per heavy atom. The van der Waals surface area contributed by atoms with E-state index in [1.807, 2.05) is 13.8 Å². The van der Waals surface area contributed by atoms with Gasteiger partial charge in [0, 0.05) is 52.2 Å². The lowest BCUT2D eigenvalue weighted by Crippen LogP contribution is -2.53. The van der Waals surface area contributed by atoms with Gasteiger partial charge in [0.05, 0.1) is 0 Å². The first kappa shape index (κ1) is 15.8. The molecule has 0 unspecified atom stereocenters. The molecule has 0 aromatic rings. The molecule has 1 amide bonds. The first-order chi connectivity index (χ1) is 9.47. The van der Waals surface area contributed by atoms with Gasteiger partial charge in [0.15, 0.2) is 0 Å². The minimum absolute atomic E-state index is 0. The van der Waals surface area contributed by atoms with Gasteiger partial charge in [-0.3, -0.25) is 14.6 Å². The zero-order valence-electron chi connectivity index (χ0n) is 13.6. The lowest BCUT2D eigenvalue weighted by atomic mass is 10.0. The summed E-state index contributed by atoms with van der Waals surface area (Å²) >= 11 is 0. The van der Waals surface area contributed by atoms with Gasteiger partial charge in [-0.1, -0.05) is 27.7 Å². The second-order valence-electron chi connectivity index (χ2n) is 7.08. The molecule has 1 N–H and O–H groups in total. The van der Waals surface area contributed by atoms with Crippen molar-refractivity contribution in [1.82, 2.24) is 15.1 Å². The summed E-state index contributed by atoms with van der Waals surface area (Å²) in [7, 11) is 0. The Hall–Kier alpha value is -0.610. The van der Waals surface area contributed by atoms with Gasteiger partial charge in [-0.2, -0.15) is 0 Å². The standard InChI is InChI=1S/C16H31N3O.H2/c1-12(2)15(17-16(20)13(3)4)11-18-7-9-19(10-8-18)14-5-6-14;/h12-15H,5-11H2,1-4H3,(H,17,20);1H/t15-;/m0./s1. The SMILES string of the molecule is CC(C)C(=O)N[C@@H](CN1CCN(C2CC2)CC1)C(C)C.[HH]. The average molecular weight is 283 g/mol. The molecule has 4 nitrogen and oxygen atoms in total. The molecule has 1 aliphatic heterocycles. The van der Waals surface area contributed by atoms with E-state index in [4.69, 9.17) is 0 Å². The van der Waals surface area contributed by atoms with Gasteiger partial charge in [-0.25, -0.2) is 0 Å². The van der Waals surface area contributed by atoms with E-state index in [9.17, 15) is 4.79 Å². The molecule has 0 aromatic heterocycles. The quantitative estimate of drug-likeness (QED) is 0.807. The van der Waals surface area contributed by atoms with Gasteiger partial charge in [-0.15, -0.1) is 0 Å². The molecule has 0 radical (unpaired) electrons. The van der Waals surface area contributed by atoms with Crippen molar-refractivity contribution in [2.24, 2.45) is 11.8 Å². The first-order valence-electron chi connectivity index (χ1n) is 8.24. The fourth-order valence-electron chi connectivity index (χ4n) is 2.80. The molecular weight excluding hydrogens is 250 g/mol. The number of amides is 1. The van der Waals surface area contributed by atoms with Crippen molar-refractivity contribution in [3.05, 3.63) is 0 Å². The Morgan fingerprint density at radius 1 is 1.15 bits per heavy atom. The summed E-state index contributed by atoms with van der Waals surface area (Å²) in [6, 6.07) is 1.16. The Morgan fingerprint density at radius 2 is 1.75 bits per heavy atom. The van der Waals surface area contributed by atoms with E-state index >= 15 is 0 Å². The molecule has 1 saturated heterocycles. The molecule has 1 saturated carbocycles. The molecule has 0 spiro atoms. The predicted molar refractivity (Wildman–Crippen MR) is 84.8 cm³/mol. The van der Waals surface area contributed by atoms with E-state index in [0.29, 0.717) is 5.92 Å². The van der Waals surface area contributed by atoms with Gasteiger partial charge in [0.2, 0.25) is 5.91 Å². The van der Waals surface area contributed by atoms with Crippen molar-refractivity contribution in [3.63, 3.8) is 0 Å². The monoisotopic (exact) mass is 283 g/mol. The summed E-state index contributed by atoms with van der Waals surface area (Å²) in [5.74, 6) is 0.738. The van der Waals surface area contributed by atoms with Crippen LogP contribution in [-0.2, 0) is 4.79 Å². The van der Waals surface area contributed by atoms with Gasteiger partial charge in [-0.05, 0) is 18.8 Å². The maximum atomic E-state index is 11.9. The molecule has 1 heterocycles. The highest BCUT2D eigenvalue weighted by Gasteiger charge is 2.32. The number of hydrogen-bond donors (Lipinski definition) is 1. The Balaban J connectivity index is 0.00000220. The third kappa shape index (κ3) is 4.45. The van der Waals surface area contributed by atoms with Gasteiger partial charge < -0.3 is 5.32 Å². The Bertz CT molecular complexity index is 323. The van der Waals surface area contributed by atoms with Crippen molar-refractivity contribution >= 4 is 5.91 Å². The van der Waals surface area contributed by atoms with Crippen LogP contribution in [0.15, 0.2) is 0 Å².